The molecule has 1 aliphatic rings. The lowest BCUT2D eigenvalue weighted by atomic mass is 10.1. The second kappa shape index (κ2) is 9.28. The van der Waals surface area contributed by atoms with E-state index in [0.29, 0.717) is 30.2 Å². The second-order valence-corrected chi connectivity index (χ2v) is 8.00. The Kier molecular flexibility index (Phi) is 6.30. The molecule has 0 unspecified atom stereocenters. The zero-order valence-corrected chi connectivity index (χ0v) is 18.0. The minimum Gasteiger partial charge on any atom is -0.497 e. The first-order valence-electron chi connectivity index (χ1n) is 9.91. The van der Waals surface area contributed by atoms with Crippen LogP contribution in [0.1, 0.15) is 16.1 Å². The highest BCUT2D eigenvalue weighted by Gasteiger charge is 2.25. The third-order valence-corrected chi connectivity index (χ3v) is 6.19. The number of ether oxygens (including phenoxy) is 2. The van der Waals surface area contributed by atoms with Gasteiger partial charge in [-0.1, -0.05) is 30.3 Å². The fraction of sp³-hybridized carbons (Fsp3) is 0.304. The molecule has 0 bridgehead atoms. The molecule has 156 valence electrons. The molecule has 0 spiro atoms. The quantitative estimate of drug-likeness (QED) is 0.604. The SMILES string of the molecule is COc1ccc(OC)c(C(=O)N2CCN(Cc3csc(-c4ccccc4)n3)CC2)c1. The van der Waals surface area contributed by atoms with Crippen molar-refractivity contribution in [2.45, 2.75) is 6.54 Å². The molecular weight excluding hydrogens is 398 g/mol. The summed E-state index contributed by atoms with van der Waals surface area (Å²) in [5.74, 6) is 1.19. The number of piperazine rings is 1. The molecule has 6 nitrogen and oxygen atoms in total. The molecule has 0 saturated carbocycles. The Labute approximate surface area is 180 Å². The fourth-order valence-corrected chi connectivity index (χ4v) is 4.40. The Hall–Kier alpha value is -2.90. The van der Waals surface area contributed by atoms with E-state index in [-0.39, 0.29) is 5.91 Å². The number of carbonyl (C=O) groups excluding carboxylic acids is 1. The highest BCUT2D eigenvalue weighted by molar-refractivity contribution is 7.13. The minimum absolute atomic E-state index is 0.0228. The van der Waals surface area contributed by atoms with E-state index in [9.17, 15) is 4.79 Å². The number of aromatic nitrogens is 1. The van der Waals surface area contributed by atoms with E-state index in [0.717, 1.165) is 35.9 Å². The molecular formula is C23H25N3O3S. The van der Waals surface area contributed by atoms with E-state index >= 15 is 0 Å². The second-order valence-electron chi connectivity index (χ2n) is 7.14. The lowest BCUT2D eigenvalue weighted by molar-refractivity contribution is 0.0623. The molecule has 1 fully saturated rings. The first-order valence-corrected chi connectivity index (χ1v) is 10.8. The maximum absolute atomic E-state index is 13.0. The smallest absolute Gasteiger partial charge is 0.257 e. The monoisotopic (exact) mass is 423 g/mol. The summed E-state index contributed by atoms with van der Waals surface area (Å²) in [6.07, 6.45) is 0. The third-order valence-electron chi connectivity index (χ3n) is 5.25. The molecule has 2 aromatic carbocycles. The number of thiazole rings is 1. The van der Waals surface area contributed by atoms with Crippen LogP contribution in [0.25, 0.3) is 10.6 Å². The molecule has 30 heavy (non-hydrogen) atoms. The van der Waals surface area contributed by atoms with Crippen molar-refractivity contribution < 1.29 is 14.3 Å². The molecule has 3 aromatic rings. The first-order chi connectivity index (χ1) is 14.7. The average Bonchev–Trinajstić information content (AvgIpc) is 3.27. The van der Waals surface area contributed by atoms with Crippen LogP contribution in [-0.4, -0.2) is 61.1 Å². The molecule has 7 heteroatoms. The van der Waals surface area contributed by atoms with Crippen molar-refractivity contribution in [3.63, 3.8) is 0 Å². The molecule has 1 aromatic heterocycles. The Morgan fingerprint density at radius 3 is 2.50 bits per heavy atom. The van der Waals surface area contributed by atoms with Crippen LogP contribution in [0.15, 0.2) is 53.9 Å². The van der Waals surface area contributed by atoms with Gasteiger partial charge >= 0.3 is 0 Å². The first kappa shape index (κ1) is 20.4. The maximum Gasteiger partial charge on any atom is 0.257 e. The van der Waals surface area contributed by atoms with Gasteiger partial charge in [-0.05, 0) is 18.2 Å². The van der Waals surface area contributed by atoms with Gasteiger partial charge in [0.15, 0.2) is 0 Å². The molecule has 0 aliphatic carbocycles. The third kappa shape index (κ3) is 4.47. The van der Waals surface area contributed by atoms with Crippen LogP contribution in [0.2, 0.25) is 0 Å². The van der Waals surface area contributed by atoms with Crippen LogP contribution in [-0.2, 0) is 6.54 Å². The number of methoxy groups -OCH3 is 2. The highest BCUT2D eigenvalue weighted by Crippen LogP contribution is 2.27. The van der Waals surface area contributed by atoms with Gasteiger partial charge in [-0.25, -0.2) is 4.98 Å². The standard InChI is InChI=1S/C23H25N3O3S/c1-28-19-8-9-21(29-2)20(14-19)23(27)26-12-10-25(11-13-26)15-18-16-30-22(24-18)17-6-4-3-5-7-17/h3-9,14,16H,10-13,15H2,1-2H3. The van der Waals surface area contributed by atoms with E-state index in [1.54, 1.807) is 43.8 Å². The summed E-state index contributed by atoms with van der Waals surface area (Å²) in [5, 5.41) is 3.17. The van der Waals surface area contributed by atoms with Crippen LogP contribution in [0, 0.1) is 0 Å². The predicted molar refractivity (Wildman–Crippen MR) is 118 cm³/mol. The van der Waals surface area contributed by atoms with Crippen LogP contribution < -0.4 is 9.47 Å². The van der Waals surface area contributed by atoms with Crippen molar-refractivity contribution in [1.29, 1.82) is 0 Å². The molecule has 1 aliphatic heterocycles. The van der Waals surface area contributed by atoms with Gasteiger partial charge in [0.2, 0.25) is 0 Å². The van der Waals surface area contributed by atoms with Gasteiger partial charge in [-0.3, -0.25) is 9.69 Å². The van der Waals surface area contributed by atoms with E-state index < -0.39 is 0 Å². The lowest BCUT2D eigenvalue weighted by Gasteiger charge is -2.34. The summed E-state index contributed by atoms with van der Waals surface area (Å²) in [7, 11) is 3.17. The lowest BCUT2D eigenvalue weighted by Crippen LogP contribution is -2.48. The Morgan fingerprint density at radius 2 is 1.80 bits per heavy atom. The van der Waals surface area contributed by atoms with E-state index in [2.05, 4.69) is 22.4 Å². The minimum atomic E-state index is -0.0228. The number of nitrogens with zero attached hydrogens (tertiary/aromatic N) is 3. The highest BCUT2D eigenvalue weighted by atomic mass is 32.1. The number of carbonyl (C=O) groups is 1. The van der Waals surface area contributed by atoms with Gasteiger partial charge in [-0.2, -0.15) is 0 Å². The fourth-order valence-electron chi connectivity index (χ4n) is 3.58. The topological polar surface area (TPSA) is 54.9 Å². The maximum atomic E-state index is 13.0. The van der Waals surface area contributed by atoms with Gasteiger partial charge in [0.1, 0.15) is 16.5 Å². The van der Waals surface area contributed by atoms with Crippen molar-refractivity contribution in [1.82, 2.24) is 14.8 Å². The summed E-state index contributed by atoms with van der Waals surface area (Å²) < 4.78 is 10.6. The average molecular weight is 424 g/mol. The van der Waals surface area contributed by atoms with E-state index in [4.69, 9.17) is 14.5 Å². The Balaban J connectivity index is 1.36. The molecule has 0 atom stereocenters. The van der Waals surface area contributed by atoms with E-state index in [1.807, 2.05) is 23.1 Å². The number of benzene rings is 2. The molecule has 0 N–H and O–H groups in total. The Bertz CT molecular complexity index is 998. The van der Waals surface area contributed by atoms with Gasteiger partial charge in [0, 0.05) is 43.7 Å². The van der Waals surface area contributed by atoms with Crippen LogP contribution in [0.3, 0.4) is 0 Å². The zero-order chi connectivity index (χ0) is 20.9. The largest absolute Gasteiger partial charge is 0.497 e. The van der Waals surface area contributed by atoms with E-state index in [1.165, 1.54) is 0 Å². The van der Waals surface area contributed by atoms with Gasteiger partial charge in [-0.15, -0.1) is 11.3 Å². The van der Waals surface area contributed by atoms with Crippen molar-refractivity contribution in [2.24, 2.45) is 0 Å². The summed E-state index contributed by atoms with van der Waals surface area (Å²) >= 11 is 1.67. The number of rotatable bonds is 6. The summed E-state index contributed by atoms with van der Waals surface area (Å²) in [6, 6.07) is 15.6. The molecule has 2 heterocycles. The normalized spacial score (nSPS) is 14.5. The summed E-state index contributed by atoms with van der Waals surface area (Å²) in [4.78, 5) is 22.0. The predicted octanol–water partition coefficient (Wildman–Crippen LogP) is 3.79. The summed E-state index contributed by atoms with van der Waals surface area (Å²) in [6.45, 7) is 3.78. The molecule has 1 saturated heterocycles. The summed E-state index contributed by atoms with van der Waals surface area (Å²) in [5.41, 5.74) is 2.77. The number of hydrogen-bond donors (Lipinski definition) is 0. The van der Waals surface area contributed by atoms with Crippen molar-refractivity contribution in [2.75, 3.05) is 40.4 Å². The number of hydrogen-bond acceptors (Lipinski definition) is 6. The Morgan fingerprint density at radius 1 is 1.03 bits per heavy atom. The van der Waals surface area contributed by atoms with Crippen LogP contribution in [0.4, 0.5) is 0 Å². The zero-order valence-electron chi connectivity index (χ0n) is 17.2. The van der Waals surface area contributed by atoms with Crippen molar-refractivity contribution >= 4 is 17.2 Å². The van der Waals surface area contributed by atoms with Crippen LogP contribution in [0.5, 0.6) is 11.5 Å². The van der Waals surface area contributed by atoms with Crippen molar-refractivity contribution in [3.05, 3.63) is 65.2 Å². The van der Waals surface area contributed by atoms with Gasteiger partial charge in [0.05, 0.1) is 25.5 Å². The van der Waals surface area contributed by atoms with Gasteiger partial charge < -0.3 is 14.4 Å². The molecule has 4 rings (SSSR count). The van der Waals surface area contributed by atoms with Gasteiger partial charge in [0.25, 0.3) is 5.91 Å². The molecule has 0 radical (unpaired) electrons. The molecule has 1 amide bonds. The van der Waals surface area contributed by atoms with Crippen LogP contribution >= 0.6 is 11.3 Å². The number of amides is 1. The van der Waals surface area contributed by atoms with Crippen molar-refractivity contribution in [3.8, 4) is 22.1 Å².